The summed E-state index contributed by atoms with van der Waals surface area (Å²) in [6, 6.07) is 9.79. The fourth-order valence-corrected chi connectivity index (χ4v) is 5.11. The topological polar surface area (TPSA) is 181 Å². The fourth-order valence-electron chi connectivity index (χ4n) is 4.66. The van der Waals surface area contributed by atoms with Crippen molar-refractivity contribution < 1.29 is 33.6 Å². The van der Waals surface area contributed by atoms with Gasteiger partial charge in [-0.3, -0.25) is 24.3 Å². The second-order valence-corrected chi connectivity index (χ2v) is 10.4. The first-order valence-electron chi connectivity index (χ1n) is 12.2. The van der Waals surface area contributed by atoms with E-state index in [0.717, 1.165) is 17.7 Å². The van der Waals surface area contributed by atoms with E-state index < -0.39 is 13.6 Å². The quantitative estimate of drug-likeness (QED) is 0.178. The molecule has 0 saturated carbocycles. The number of aryl methyl sites for hydroxylation is 1. The Morgan fingerprint density at radius 1 is 1.05 bits per heavy atom. The number of carbonyl (C=O) groups is 2. The molecule has 4 aromatic rings. The molecule has 3 heterocycles. The van der Waals surface area contributed by atoms with E-state index in [1.165, 1.54) is 18.2 Å². The second kappa shape index (κ2) is 10.1. The summed E-state index contributed by atoms with van der Waals surface area (Å²) in [7, 11) is -4.95. The van der Waals surface area contributed by atoms with Crippen LogP contribution in [0.2, 0.25) is 0 Å². The number of carbonyl (C=O) groups excluding carboxylic acids is 2. The lowest BCUT2D eigenvalue weighted by Crippen LogP contribution is -2.29. The molecule has 13 heteroatoms. The van der Waals surface area contributed by atoms with Crippen molar-refractivity contribution in [1.82, 2.24) is 19.4 Å². The molecule has 2 amide bonds. The minimum Gasteiger partial charge on any atom is -0.504 e. The Labute approximate surface area is 222 Å². The number of pyridine rings is 1. The number of phosphoric ester groups is 1. The number of rotatable bonds is 9. The Morgan fingerprint density at radius 3 is 2.49 bits per heavy atom. The lowest BCUT2D eigenvalue weighted by molar-refractivity contribution is -0.137. The zero-order valence-electron chi connectivity index (χ0n) is 20.9. The molecule has 202 valence electrons. The van der Waals surface area contributed by atoms with Crippen molar-refractivity contribution in [3.8, 4) is 11.5 Å². The number of phenols is 1. The van der Waals surface area contributed by atoms with Crippen LogP contribution in [0.15, 0.2) is 48.6 Å². The number of hydrogen-bond acceptors (Lipinski definition) is 8. The van der Waals surface area contributed by atoms with Crippen LogP contribution in [-0.2, 0) is 33.7 Å². The van der Waals surface area contributed by atoms with Gasteiger partial charge in [0.25, 0.3) is 11.8 Å². The lowest BCUT2D eigenvalue weighted by atomic mass is 10.1. The van der Waals surface area contributed by atoms with Crippen molar-refractivity contribution >= 4 is 47.4 Å². The standard InChI is InChI=1S/C26H26N5O7P/c1-2-3-7-20-29-23-24(30(20)14-16-5-4-6-19(32)25(16)38-39(35,36)37)17-9-8-15(12-18(17)28-26(23)27)13-31-21(33)10-11-22(31)34/h4-6,8-12,32H,2-3,7,13-14H2,1H3,(H2,27,28)(H2,35,36,37). The Kier molecular flexibility index (Phi) is 6.85. The van der Waals surface area contributed by atoms with E-state index in [4.69, 9.17) is 15.2 Å². The summed E-state index contributed by atoms with van der Waals surface area (Å²) in [5.41, 5.74) is 8.99. The van der Waals surface area contributed by atoms with Crippen molar-refractivity contribution in [3.05, 3.63) is 65.5 Å². The van der Waals surface area contributed by atoms with Gasteiger partial charge in [0.2, 0.25) is 0 Å². The molecule has 5 N–H and O–H groups in total. The third-order valence-corrected chi connectivity index (χ3v) is 6.88. The first-order chi connectivity index (χ1) is 18.6. The van der Waals surface area contributed by atoms with Gasteiger partial charge in [-0.05, 0) is 24.1 Å². The number of benzene rings is 2. The molecule has 12 nitrogen and oxygen atoms in total. The van der Waals surface area contributed by atoms with Gasteiger partial charge >= 0.3 is 7.82 Å². The molecule has 2 aromatic carbocycles. The maximum atomic E-state index is 12.0. The maximum Gasteiger partial charge on any atom is 0.524 e. The van der Waals surface area contributed by atoms with Crippen molar-refractivity contribution in [2.45, 2.75) is 39.3 Å². The highest BCUT2D eigenvalue weighted by atomic mass is 31.2. The third kappa shape index (κ3) is 5.22. The minimum absolute atomic E-state index is 0.0715. The van der Waals surface area contributed by atoms with Gasteiger partial charge in [0.05, 0.1) is 24.1 Å². The smallest absolute Gasteiger partial charge is 0.504 e. The van der Waals surface area contributed by atoms with E-state index in [9.17, 15) is 29.0 Å². The number of aromatic nitrogens is 3. The first kappa shape index (κ1) is 26.4. The Balaban J connectivity index is 1.65. The van der Waals surface area contributed by atoms with Gasteiger partial charge in [-0.2, -0.15) is 0 Å². The SMILES string of the molecule is CCCCc1nc2c(N)nc3cc(CN4C(=O)C=CC4=O)ccc3c2n1Cc1cccc(O)c1OP(=O)(O)O. The molecular weight excluding hydrogens is 525 g/mol. The van der Waals surface area contributed by atoms with E-state index in [0.29, 0.717) is 45.3 Å². The van der Waals surface area contributed by atoms with E-state index in [1.54, 1.807) is 24.3 Å². The summed E-state index contributed by atoms with van der Waals surface area (Å²) in [5, 5.41) is 11.0. The Bertz CT molecular complexity index is 1690. The minimum atomic E-state index is -4.95. The molecule has 1 aliphatic rings. The number of nitrogens with two attached hydrogens (primary N) is 1. The average molecular weight is 551 g/mol. The van der Waals surface area contributed by atoms with E-state index in [1.807, 2.05) is 17.6 Å². The molecule has 0 aliphatic carbocycles. The van der Waals surface area contributed by atoms with Gasteiger partial charge in [0, 0.05) is 29.5 Å². The molecule has 2 aromatic heterocycles. The van der Waals surface area contributed by atoms with Crippen LogP contribution in [0.3, 0.4) is 0 Å². The van der Waals surface area contributed by atoms with E-state index in [2.05, 4.69) is 4.98 Å². The molecule has 5 rings (SSSR count). The van der Waals surface area contributed by atoms with Gasteiger partial charge in [-0.1, -0.05) is 37.6 Å². The lowest BCUT2D eigenvalue weighted by Gasteiger charge is -2.17. The van der Waals surface area contributed by atoms with Crippen LogP contribution >= 0.6 is 7.82 Å². The summed E-state index contributed by atoms with van der Waals surface area (Å²) in [6.07, 6.45) is 4.79. The Hall–Kier alpha value is -4.25. The molecule has 0 bridgehead atoms. The molecule has 0 saturated heterocycles. The molecule has 0 unspecified atom stereocenters. The van der Waals surface area contributed by atoms with Crippen LogP contribution < -0.4 is 10.3 Å². The summed E-state index contributed by atoms with van der Waals surface area (Å²) in [5.74, 6) is -0.643. The van der Waals surface area contributed by atoms with Crippen LogP contribution in [0.25, 0.3) is 21.9 Å². The number of phenolic OH excluding ortho intramolecular Hbond substituents is 1. The number of amides is 2. The number of unbranched alkanes of at least 4 members (excludes halogenated alkanes) is 1. The molecule has 39 heavy (non-hydrogen) atoms. The van der Waals surface area contributed by atoms with Crippen molar-refractivity contribution in [2.75, 3.05) is 5.73 Å². The third-order valence-electron chi connectivity index (χ3n) is 6.46. The predicted octanol–water partition coefficient (Wildman–Crippen LogP) is 3.16. The van der Waals surface area contributed by atoms with Gasteiger partial charge in [0.1, 0.15) is 11.3 Å². The largest absolute Gasteiger partial charge is 0.524 e. The number of aromatic hydroxyl groups is 1. The second-order valence-electron chi connectivity index (χ2n) is 9.21. The normalized spacial score (nSPS) is 13.8. The summed E-state index contributed by atoms with van der Waals surface area (Å²) in [6.45, 7) is 2.20. The first-order valence-corrected chi connectivity index (χ1v) is 13.8. The van der Waals surface area contributed by atoms with Crippen LogP contribution in [0.1, 0.15) is 36.7 Å². The highest BCUT2D eigenvalue weighted by Crippen LogP contribution is 2.44. The van der Waals surface area contributed by atoms with Crippen LogP contribution in [0.4, 0.5) is 5.82 Å². The molecule has 0 spiro atoms. The van der Waals surface area contributed by atoms with Gasteiger partial charge in [0.15, 0.2) is 17.3 Å². The average Bonchev–Trinajstić information content (AvgIpc) is 3.39. The zero-order chi connectivity index (χ0) is 27.9. The maximum absolute atomic E-state index is 12.0. The van der Waals surface area contributed by atoms with Gasteiger partial charge < -0.3 is 19.9 Å². The van der Waals surface area contributed by atoms with E-state index in [-0.39, 0.29) is 36.5 Å². The van der Waals surface area contributed by atoms with Crippen molar-refractivity contribution in [1.29, 1.82) is 0 Å². The van der Waals surface area contributed by atoms with Crippen molar-refractivity contribution in [2.24, 2.45) is 0 Å². The number of para-hydroxylation sites is 1. The van der Waals surface area contributed by atoms with Crippen molar-refractivity contribution in [3.63, 3.8) is 0 Å². The number of nitrogens with zero attached hydrogens (tertiary/aromatic N) is 4. The summed E-state index contributed by atoms with van der Waals surface area (Å²) < 4.78 is 18.3. The number of imidazole rings is 1. The zero-order valence-corrected chi connectivity index (χ0v) is 21.8. The predicted molar refractivity (Wildman–Crippen MR) is 143 cm³/mol. The Morgan fingerprint density at radius 2 is 1.79 bits per heavy atom. The van der Waals surface area contributed by atoms with Crippen LogP contribution in [0.5, 0.6) is 11.5 Å². The molecular formula is C26H26N5O7P. The van der Waals surface area contributed by atoms with Gasteiger partial charge in [-0.15, -0.1) is 0 Å². The highest BCUT2D eigenvalue weighted by Gasteiger charge is 2.25. The number of fused-ring (bicyclic) bond motifs is 3. The summed E-state index contributed by atoms with van der Waals surface area (Å²) in [4.78, 5) is 53.3. The molecule has 0 radical (unpaired) electrons. The number of phosphoric acid groups is 1. The molecule has 1 aliphatic heterocycles. The summed E-state index contributed by atoms with van der Waals surface area (Å²) >= 11 is 0. The van der Waals surface area contributed by atoms with Gasteiger partial charge in [-0.25, -0.2) is 14.5 Å². The number of nitrogen functional groups attached to an aromatic ring is 1. The number of hydrogen-bond donors (Lipinski definition) is 4. The molecule has 0 fully saturated rings. The molecule has 0 atom stereocenters. The number of imide groups is 1. The highest BCUT2D eigenvalue weighted by molar-refractivity contribution is 7.46. The van der Waals surface area contributed by atoms with E-state index >= 15 is 0 Å². The fraction of sp³-hybridized carbons (Fsp3) is 0.231. The monoisotopic (exact) mass is 551 g/mol. The number of anilines is 1. The van der Waals surface area contributed by atoms with Crippen LogP contribution in [-0.4, -0.2) is 46.1 Å². The van der Waals surface area contributed by atoms with Crippen LogP contribution in [0, 0.1) is 0 Å².